The fourth-order valence-corrected chi connectivity index (χ4v) is 4.80. The Morgan fingerprint density at radius 2 is 1.70 bits per heavy atom. The maximum Gasteiger partial charge on any atom is 0.217 e. The number of nitrogens with zero attached hydrogens (tertiary/aromatic N) is 2. The number of benzene rings is 2. The molecule has 2 aromatic carbocycles. The number of para-hydroxylation sites is 1. The average Bonchev–Trinajstić information content (AvgIpc) is 3.47. The van der Waals surface area contributed by atoms with Crippen molar-refractivity contribution in [3.63, 3.8) is 0 Å². The Kier molecular flexibility index (Phi) is 4.75. The van der Waals surface area contributed by atoms with Gasteiger partial charge in [-0.1, -0.05) is 24.3 Å². The van der Waals surface area contributed by atoms with E-state index < -0.39 is 6.23 Å². The molecule has 5 rings (SSSR count). The van der Waals surface area contributed by atoms with Gasteiger partial charge in [-0.3, -0.25) is 0 Å². The minimum Gasteiger partial charge on any atom is -0.496 e. The van der Waals surface area contributed by atoms with Crippen molar-refractivity contribution in [3.05, 3.63) is 69.9 Å². The molecule has 0 radical (unpaired) electrons. The summed E-state index contributed by atoms with van der Waals surface area (Å²) in [4.78, 5) is 1.18. The summed E-state index contributed by atoms with van der Waals surface area (Å²) in [5, 5.41) is 9.11. The van der Waals surface area contributed by atoms with Gasteiger partial charge in [-0.25, -0.2) is 5.01 Å². The molecule has 0 amide bonds. The van der Waals surface area contributed by atoms with E-state index in [1.807, 2.05) is 35.3 Å². The number of hydrazone groups is 1. The minimum atomic E-state index is -0.447. The van der Waals surface area contributed by atoms with Crippen LogP contribution in [0.4, 0.5) is 0 Å². The molecular weight excluding hydrogens is 400 g/mol. The fourth-order valence-electron chi connectivity index (χ4n) is 4.08. The lowest BCUT2D eigenvalue weighted by Crippen LogP contribution is -2.34. The van der Waals surface area contributed by atoms with Crippen LogP contribution in [0.25, 0.3) is 0 Å². The first-order chi connectivity index (χ1) is 14.7. The summed E-state index contributed by atoms with van der Waals surface area (Å²) in [6.45, 7) is 0. The number of thiophene rings is 1. The molecule has 0 spiro atoms. The van der Waals surface area contributed by atoms with Gasteiger partial charge in [0.05, 0.1) is 43.5 Å². The molecule has 0 saturated carbocycles. The molecule has 2 aliphatic heterocycles. The first-order valence-corrected chi connectivity index (χ1v) is 10.6. The second-order valence-corrected chi connectivity index (χ2v) is 8.03. The zero-order valence-electron chi connectivity index (χ0n) is 17.0. The van der Waals surface area contributed by atoms with Gasteiger partial charge in [0.1, 0.15) is 11.5 Å². The number of hydrogen-bond donors (Lipinski definition) is 0. The second-order valence-electron chi connectivity index (χ2n) is 7.08. The van der Waals surface area contributed by atoms with Crippen LogP contribution in [0, 0.1) is 0 Å². The average molecular weight is 423 g/mol. The summed E-state index contributed by atoms with van der Waals surface area (Å²) in [6.07, 6.45) is 0.379. The first kappa shape index (κ1) is 18.8. The molecule has 0 unspecified atom stereocenters. The van der Waals surface area contributed by atoms with Crippen LogP contribution >= 0.6 is 11.3 Å². The van der Waals surface area contributed by atoms with Gasteiger partial charge in [-0.15, -0.1) is 11.3 Å². The number of rotatable bonds is 5. The molecular formula is C23H22N2O4S. The Morgan fingerprint density at radius 3 is 2.43 bits per heavy atom. The zero-order chi connectivity index (χ0) is 20.7. The number of fused-ring (bicyclic) bond motifs is 3. The Balaban J connectivity index is 1.64. The molecule has 3 heterocycles. The van der Waals surface area contributed by atoms with E-state index in [1.54, 1.807) is 32.7 Å². The third-order valence-electron chi connectivity index (χ3n) is 5.51. The van der Waals surface area contributed by atoms with E-state index in [9.17, 15) is 0 Å². The van der Waals surface area contributed by atoms with Gasteiger partial charge < -0.3 is 18.9 Å². The zero-order valence-corrected chi connectivity index (χ0v) is 17.8. The van der Waals surface area contributed by atoms with E-state index in [4.69, 9.17) is 24.0 Å². The summed E-state index contributed by atoms with van der Waals surface area (Å²) in [5.41, 5.74) is 3.05. The lowest BCUT2D eigenvalue weighted by Gasteiger charge is -2.38. The molecule has 0 N–H and O–H groups in total. The topological polar surface area (TPSA) is 52.5 Å². The molecule has 3 aromatic rings. The van der Waals surface area contributed by atoms with Crippen LogP contribution in [0.2, 0.25) is 0 Å². The van der Waals surface area contributed by atoms with Crippen molar-refractivity contribution in [2.45, 2.75) is 18.7 Å². The van der Waals surface area contributed by atoms with E-state index in [0.29, 0.717) is 17.2 Å². The van der Waals surface area contributed by atoms with Gasteiger partial charge in [0.2, 0.25) is 6.23 Å². The smallest absolute Gasteiger partial charge is 0.217 e. The van der Waals surface area contributed by atoms with Crippen LogP contribution in [-0.4, -0.2) is 32.0 Å². The summed E-state index contributed by atoms with van der Waals surface area (Å²) in [6, 6.07) is 16.2. The molecule has 7 heteroatoms. The van der Waals surface area contributed by atoms with E-state index >= 15 is 0 Å². The van der Waals surface area contributed by atoms with Gasteiger partial charge in [0, 0.05) is 18.1 Å². The monoisotopic (exact) mass is 422 g/mol. The van der Waals surface area contributed by atoms with Crippen LogP contribution in [-0.2, 0) is 0 Å². The first-order valence-electron chi connectivity index (χ1n) is 9.68. The van der Waals surface area contributed by atoms with E-state index in [-0.39, 0.29) is 6.04 Å². The number of hydrogen-bond acceptors (Lipinski definition) is 7. The predicted molar refractivity (Wildman–Crippen MR) is 116 cm³/mol. The van der Waals surface area contributed by atoms with Gasteiger partial charge in [0.15, 0.2) is 11.5 Å². The third-order valence-corrected chi connectivity index (χ3v) is 6.43. The van der Waals surface area contributed by atoms with Crippen molar-refractivity contribution in [2.75, 3.05) is 21.3 Å². The molecule has 2 atom stereocenters. The van der Waals surface area contributed by atoms with Crippen LogP contribution in [0.1, 0.15) is 34.7 Å². The Hall–Kier alpha value is -3.19. The largest absolute Gasteiger partial charge is 0.496 e. The molecule has 0 saturated heterocycles. The number of ether oxygens (including phenoxy) is 4. The van der Waals surface area contributed by atoms with E-state index in [1.165, 1.54) is 4.88 Å². The van der Waals surface area contributed by atoms with Crippen molar-refractivity contribution in [1.82, 2.24) is 5.01 Å². The molecule has 0 bridgehead atoms. The SMILES string of the molecule is COc1cc(OC)c([C@H]2Oc3ccccc3[C@@H]3CC(c4cccs4)=NN23)cc1OC. The predicted octanol–water partition coefficient (Wildman–Crippen LogP) is 5.02. The van der Waals surface area contributed by atoms with Crippen LogP contribution in [0.5, 0.6) is 23.0 Å². The van der Waals surface area contributed by atoms with Gasteiger partial charge in [0.25, 0.3) is 0 Å². The summed E-state index contributed by atoms with van der Waals surface area (Å²) >= 11 is 1.70. The third kappa shape index (κ3) is 2.97. The molecule has 30 heavy (non-hydrogen) atoms. The van der Waals surface area contributed by atoms with E-state index in [2.05, 4.69) is 23.6 Å². The van der Waals surface area contributed by atoms with Crippen LogP contribution in [0.3, 0.4) is 0 Å². The van der Waals surface area contributed by atoms with Gasteiger partial charge in [-0.2, -0.15) is 5.10 Å². The normalized spacial score (nSPS) is 19.4. The van der Waals surface area contributed by atoms with Gasteiger partial charge >= 0.3 is 0 Å². The highest BCUT2D eigenvalue weighted by molar-refractivity contribution is 7.12. The molecule has 2 aliphatic rings. The molecule has 0 aliphatic carbocycles. The molecule has 6 nitrogen and oxygen atoms in total. The van der Waals surface area contributed by atoms with Crippen LogP contribution in [0.15, 0.2) is 59.0 Å². The fraction of sp³-hybridized carbons (Fsp3) is 0.261. The standard InChI is InChI=1S/C23H22N2O4S/c1-26-19-13-21(28-3)20(27-2)11-15(19)23-25-17(14-7-4-5-8-18(14)29-23)12-16(24-25)22-9-6-10-30-22/h4-11,13,17,23H,12H2,1-3H3/t17-,23+/m0/s1. The lowest BCUT2D eigenvalue weighted by molar-refractivity contribution is -0.0205. The van der Waals surface area contributed by atoms with E-state index in [0.717, 1.165) is 29.0 Å². The van der Waals surface area contributed by atoms with Crippen molar-refractivity contribution in [3.8, 4) is 23.0 Å². The highest BCUT2D eigenvalue weighted by Crippen LogP contribution is 2.50. The van der Waals surface area contributed by atoms with Crippen molar-refractivity contribution in [2.24, 2.45) is 5.10 Å². The number of methoxy groups -OCH3 is 3. The Bertz CT molecular complexity index is 1100. The summed E-state index contributed by atoms with van der Waals surface area (Å²) in [7, 11) is 4.87. The van der Waals surface area contributed by atoms with Crippen molar-refractivity contribution in [1.29, 1.82) is 0 Å². The minimum absolute atomic E-state index is 0.0925. The summed E-state index contributed by atoms with van der Waals surface area (Å²) < 4.78 is 23.1. The highest BCUT2D eigenvalue weighted by atomic mass is 32.1. The second kappa shape index (κ2) is 7.57. The van der Waals surface area contributed by atoms with Crippen molar-refractivity contribution < 1.29 is 18.9 Å². The molecule has 154 valence electrons. The van der Waals surface area contributed by atoms with Crippen LogP contribution < -0.4 is 18.9 Å². The quantitative estimate of drug-likeness (QED) is 0.578. The van der Waals surface area contributed by atoms with Crippen molar-refractivity contribution >= 4 is 17.0 Å². The maximum atomic E-state index is 6.46. The molecule has 1 aromatic heterocycles. The summed E-state index contributed by atoms with van der Waals surface area (Å²) in [5.74, 6) is 2.75. The lowest BCUT2D eigenvalue weighted by atomic mass is 9.97. The van der Waals surface area contributed by atoms with Gasteiger partial charge in [-0.05, 0) is 23.6 Å². The molecule has 0 fully saturated rings. The maximum absolute atomic E-state index is 6.46. The highest BCUT2D eigenvalue weighted by Gasteiger charge is 2.42. The Morgan fingerprint density at radius 1 is 0.933 bits per heavy atom. The Labute approximate surface area is 179 Å².